The molecule has 0 saturated carbocycles. The minimum Gasteiger partial charge on any atom is -0.493 e. The van der Waals surface area contributed by atoms with Gasteiger partial charge in [-0.25, -0.2) is 4.79 Å². The number of fused-ring (bicyclic) bond motifs is 1. The zero-order valence-corrected chi connectivity index (χ0v) is 18.1. The van der Waals surface area contributed by atoms with E-state index in [1.165, 1.54) is 30.5 Å². The lowest BCUT2D eigenvalue weighted by Crippen LogP contribution is -2.39. The van der Waals surface area contributed by atoms with E-state index in [2.05, 4.69) is 10.1 Å². The maximum atomic E-state index is 12.9. The zero-order chi connectivity index (χ0) is 22.8. The minimum atomic E-state index is -0.441. The fourth-order valence-electron chi connectivity index (χ4n) is 3.58. The highest BCUT2D eigenvalue weighted by molar-refractivity contribution is 5.77. The summed E-state index contributed by atoms with van der Waals surface area (Å²) in [6.07, 6.45) is 0. The smallest absolute Gasteiger partial charge is 0.331 e. The second-order valence-electron chi connectivity index (χ2n) is 6.86. The number of ether oxygens (including phenoxy) is 3. The topological polar surface area (TPSA) is 111 Å². The second-order valence-corrected chi connectivity index (χ2v) is 6.86. The molecule has 0 aliphatic carbocycles. The first-order chi connectivity index (χ1) is 15.5. The summed E-state index contributed by atoms with van der Waals surface area (Å²) >= 11 is 0. The van der Waals surface area contributed by atoms with E-state index >= 15 is 0 Å². The van der Waals surface area contributed by atoms with Crippen molar-refractivity contribution in [1.82, 2.24) is 19.3 Å². The summed E-state index contributed by atoms with van der Waals surface area (Å²) in [4.78, 5) is 30.0. The van der Waals surface area contributed by atoms with Crippen LogP contribution in [0.15, 0.2) is 50.5 Å². The molecule has 4 aromatic rings. The molecule has 32 heavy (non-hydrogen) atoms. The maximum Gasteiger partial charge on any atom is 0.331 e. The Hall–Kier alpha value is -4.08. The average molecular weight is 438 g/mol. The van der Waals surface area contributed by atoms with Gasteiger partial charge in [0, 0.05) is 12.1 Å². The molecule has 2 aromatic heterocycles. The van der Waals surface area contributed by atoms with Gasteiger partial charge in [-0.3, -0.25) is 13.9 Å². The Morgan fingerprint density at radius 1 is 0.969 bits per heavy atom. The number of methoxy groups -OCH3 is 3. The standard InChI is InChI=1S/C22H22N4O6/c1-5-25-21(27)14-8-6-7-9-15(14)26(22(25)28)12-18-23-20(24-32-18)13-10-16(29-2)19(31-4)17(11-13)30-3/h6-11H,5,12H2,1-4H3. The average Bonchev–Trinajstić information content (AvgIpc) is 3.29. The molecule has 0 amide bonds. The zero-order valence-electron chi connectivity index (χ0n) is 18.1. The van der Waals surface area contributed by atoms with E-state index in [1.807, 2.05) is 0 Å². The number of nitrogens with zero attached hydrogens (tertiary/aromatic N) is 4. The number of rotatable bonds is 7. The predicted octanol–water partition coefficient (Wildman–Crippen LogP) is 2.31. The molecule has 2 aromatic carbocycles. The molecule has 0 radical (unpaired) electrons. The molecule has 0 atom stereocenters. The fraction of sp³-hybridized carbons (Fsp3) is 0.273. The van der Waals surface area contributed by atoms with Gasteiger partial charge >= 0.3 is 5.69 Å². The highest BCUT2D eigenvalue weighted by Gasteiger charge is 2.19. The summed E-state index contributed by atoms with van der Waals surface area (Å²) in [6, 6.07) is 10.3. The Labute approximate surface area is 182 Å². The number of para-hydroxylation sites is 1. The van der Waals surface area contributed by atoms with Crippen molar-refractivity contribution in [3.8, 4) is 28.6 Å². The van der Waals surface area contributed by atoms with Gasteiger partial charge in [0.05, 0.1) is 32.2 Å². The molecular weight excluding hydrogens is 416 g/mol. The van der Waals surface area contributed by atoms with Gasteiger partial charge in [-0.05, 0) is 31.2 Å². The molecule has 0 saturated heterocycles. The third-order valence-electron chi connectivity index (χ3n) is 5.13. The van der Waals surface area contributed by atoms with Gasteiger partial charge in [-0.1, -0.05) is 17.3 Å². The van der Waals surface area contributed by atoms with Crippen molar-refractivity contribution in [2.75, 3.05) is 21.3 Å². The second kappa shape index (κ2) is 8.58. The van der Waals surface area contributed by atoms with Crippen LogP contribution in [-0.2, 0) is 13.1 Å². The van der Waals surface area contributed by atoms with Gasteiger partial charge in [0.15, 0.2) is 11.5 Å². The molecule has 0 N–H and O–H groups in total. The SMILES string of the molecule is CCn1c(=O)c2ccccc2n(Cc2nc(-c3cc(OC)c(OC)c(OC)c3)no2)c1=O. The third-order valence-corrected chi connectivity index (χ3v) is 5.13. The summed E-state index contributed by atoms with van der Waals surface area (Å²) in [6.45, 7) is 2.01. The number of aromatic nitrogens is 4. The van der Waals surface area contributed by atoms with Crippen LogP contribution in [0.25, 0.3) is 22.3 Å². The first-order valence-electron chi connectivity index (χ1n) is 9.87. The van der Waals surface area contributed by atoms with Crippen molar-refractivity contribution < 1.29 is 18.7 Å². The molecule has 0 spiro atoms. The Balaban J connectivity index is 1.78. The Bertz CT molecular complexity index is 1380. The van der Waals surface area contributed by atoms with E-state index in [1.54, 1.807) is 43.3 Å². The van der Waals surface area contributed by atoms with Crippen LogP contribution in [0, 0.1) is 0 Å². The number of benzene rings is 2. The molecule has 10 heteroatoms. The molecule has 0 aliphatic rings. The summed E-state index contributed by atoms with van der Waals surface area (Å²) in [5.41, 5.74) is 0.321. The Kier molecular flexibility index (Phi) is 5.67. The minimum absolute atomic E-state index is 0.0110. The lowest BCUT2D eigenvalue weighted by atomic mass is 10.1. The molecule has 0 fully saturated rings. The van der Waals surface area contributed by atoms with E-state index in [9.17, 15) is 9.59 Å². The Morgan fingerprint density at radius 3 is 2.28 bits per heavy atom. The van der Waals surface area contributed by atoms with E-state index in [0.29, 0.717) is 39.5 Å². The molecule has 0 unspecified atom stereocenters. The van der Waals surface area contributed by atoms with E-state index in [4.69, 9.17) is 18.7 Å². The molecule has 4 rings (SSSR count). The lowest BCUT2D eigenvalue weighted by molar-refractivity contribution is 0.324. The lowest BCUT2D eigenvalue weighted by Gasteiger charge is -2.12. The quantitative estimate of drug-likeness (QED) is 0.432. The normalized spacial score (nSPS) is 11.0. The van der Waals surface area contributed by atoms with Crippen LogP contribution >= 0.6 is 0 Å². The first kappa shape index (κ1) is 21.2. The molecular formula is C22H22N4O6. The molecule has 166 valence electrons. The van der Waals surface area contributed by atoms with Crippen LogP contribution in [0.1, 0.15) is 12.8 Å². The summed E-state index contributed by atoms with van der Waals surface area (Å²) in [5, 5.41) is 4.48. The van der Waals surface area contributed by atoms with Crippen molar-refractivity contribution >= 4 is 10.9 Å². The third kappa shape index (κ3) is 3.49. The summed E-state index contributed by atoms with van der Waals surface area (Å²) in [7, 11) is 4.55. The van der Waals surface area contributed by atoms with E-state index in [0.717, 1.165) is 0 Å². The predicted molar refractivity (Wildman–Crippen MR) is 117 cm³/mol. The summed E-state index contributed by atoms with van der Waals surface area (Å²) in [5.74, 6) is 1.85. The van der Waals surface area contributed by atoms with Crippen molar-refractivity contribution in [3.63, 3.8) is 0 Å². The van der Waals surface area contributed by atoms with E-state index in [-0.39, 0.29) is 24.5 Å². The molecule has 0 aliphatic heterocycles. The van der Waals surface area contributed by atoms with Crippen LogP contribution in [0.3, 0.4) is 0 Å². The number of hydrogen-bond acceptors (Lipinski definition) is 8. The monoisotopic (exact) mass is 438 g/mol. The Morgan fingerprint density at radius 2 is 1.66 bits per heavy atom. The van der Waals surface area contributed by atoms with Gasteiger partial charge in [0.2, 0.25) is 17.5 Å². The van der Waals surface area contributed by atoms with Crippen LogP contribution in [0.4, 0.5) is 0 Å². The van der Waals surface area contributed by atoms with Crippen molar-refractivity contribution in [3.05, 3.63) is 63.1 Å². The number of hydrogen-bond donors (Lipinski definition) is 0. The van der Waals surface area contributed by atoms with Crippen molar-refractivity contribution in [1.29, 1.82) is 0 Å². The molecule has 10 nitrogen and oxygen atoms in total. The summed E-state index contributed by atoms with van der Waals surface area (Å²) < 4.78 is 24.1. The van der Waals surface area contributed by atoms with Crippen molar-refractivity contribution in [2.45, 2.75) is 20.0 Å². The molecule has 2 heterocycles. The first-order valence-corrected chi connectivity index (χ1v) is 9.87. The van der Waals surface area contributed by atoms with Gasteiger partial charge in [-0.2, -0.15) is 4.98 Å². The highest BCUT2D eigenvalue weighted by Crippen LogP contribution is 2.40. The van der Waals surface area contributed by atoms with Gasteiger partial charge in [0.1, 0.15) is 6.54 Å². The van der Waals surface area contributed by atoms with Crippen molar-refractivity contribution in [2.24, 2.45) is 0 Å². The van der Waals surface area contributed by atoms with Crippen LogP contribution in [0.2, 0.25) is 0 Å². The van der Waals surface area contributed by atoms with Gasteiger partial charge in [0.25, 0.3) is 5.56 Å². The molecule has 0 bridgehead atoms. The maximum absolute atomic E-state index is 12.9. The highest BCUT2D eigenvalue weighted by atomic mass is 16.5. The fourth-order valence-corrected chi connectivity index (χ4v) is 3.58. The van der Waals surface area contributed by atoms with E-state index < -0.39 is 5.69 Å². The van der Waals surface area contributed by atoms with Crippen LogP contribution in [-0.4, -0.2) is 40.6 Å². The van der Waals surface area contributed by atoms with Crippen LogP contribution < -0.4 is 25.5 Å². The van der Waals surface area contributed by atoms with Gasteiger partial charge < -0.3 is 18.7 Å². The largest absolute Gasteiger partial charge is 0.493 e. The van der Waals surface area contributed by atoms with Gasteiger partial charge in [-0.15, -0.1) is 0 Å². The van der Waals surface area contributed by atoms with Crippen LogP contribution in [0.5, 0.6) is 17.2 Å².